The van der Waals surface area contributed by atoms with E-state index in [2.05, 4.69) is 108 Å². The van der Waals surface area contributed by atoms with Crippen molar-refractivity contribution in [3.63, 3.8) is 0 Å². The topological polar surface area (TPSA) is 138 Å². The summed E-state index contributed by atoms with van der Waals surface area (Å²) in [6, 6.07) is 0. The Morgan fingerprint density at radius 1 is 0.274 bits per heavy atom. The van der Waals surface area contributed by atoms with Gasteiger partial charge in [0.1, 0.15) is 13.6 Å². The van der Waals surface area contributed by atoms with Gasteiger partial charge in [-0.15, -0.1) is 0 Å². The van der Waals surface area contributed by atoms with E-state index in [1.165, 1.54) is 33.1 Å². The number of ether oxygens (including phenoxy) is 10. The van der Waals surface area contributed by atoms with Crippen molar-refractivity contribution in [2.24, 2.45) is 88.8 Å². The molecule has 21 atom stereocenters. The van der Waals surface area contributed by atoms with E-state index in [9.17, 15) is 92.2 Å². The second kappa shape index (κ2) is 68.1. The lowest BCUT2D eigenvalue weighted by Crippen LogP contribution is -2.61. The van der Waals surface area contributed by atoms with Gasteiger partial charge in [-0.05, 0) is 401 Å². The fourth-order valence-electron chi connectivity index (χ4n) is 20.7. The van der Waals surface area contributed by atoms with Gasteiger partial charge in [-0.1, -0.05) is 106 Å². The number of hydrogen-bond acceptors (Lipinski definition) is 15. The lowest BCUT2D eigenvalue weighted by molar-refractivity contribution is -0.416. The second-order valence-electron chi connectivity index (χ2n) is 45.2. The van der Waals surface area contributed by atoms with E-state index in [4.69, 9.17) is 60.0 Å². The molecule has 10 aliphatic carbocycles. The van der Waals surface area contributed by atoms with Crippen molar-refractivity contribution >= 4 is 41.6 Å². The van der Waals surface area contributed by atoms with Crippen LogP contribution in [-0.4, -0.2) is 214 Å². The van der Waals surface area contributed by atoms with Crippen LogP contribution in [-0.2, 0) is 69.5 Å². The van der Waals surface area contributed by atoms with Crippen LogP contribution < -0.4 is 0 Å². The van der Waals surface area contributed by atoms with Crippen LogP contribution in [0.4, 0.5) is 92.2 Å². The third-order valence-corrected chi connectivity index (χ3v) is 35.6. The fraction of sp³-hybridized carbons (Fsp3) is 1.00. The van der Waals surface area contributed by atoms with Gasteiger partial charge in [0.25, 0.3) is 11.2 Å². The van der Waals surface area contributed by atoms with Crippen LogP contribution in [0.2, 0.25) is 98.2 Å². The maximum Gasteiger partial charge on any atom is 0.426 e. The first-order chi connectivity index (χ1) is 62.3. The Morgan fingerprint density at radius 3 is 0.733 bits per heavy atom. The molecule has 13 aliphatic rings. The summed E-state index contributed by atoms with van der Waals surface area (Å²) < 4.78 is 357. The Balaban J connectivity index is -0.000000304. The number of halogens is 21. The standard InChI is InChI=1S/C16H22F6O2.C16H25F3O2.C15H23F3O2.C14H20F6O2.C14H23F3O2.5C4H12OSi.10CH4/c17-15(18,19)14(16(20,21)22,24-13-3-1-2-6-23-13)9-12-8-10-4-5-11(12)7-10;1-15(16(17,18)19,21-14-4-2-3-7-20-14)10-13-9-11-5-6-12(13)8-11;16-15(17,18)13(20-14-3-1-2-6-19-14)9-12-8-10-4-5-11(12)7-10;1-2-21-8-22-12(13(15,16)17,14(18,19)20)7-11-6-9-3-4-10(11)5-9;1-3-18-9-19-13(2,14(15,16)17)8-12-7-10-4-5-11(12)6-10;5*1-5-6(2,3)4;;;;;;;;;;/h10-13H,1-9H2;11-14H,2-10H2,1H3;10-14H,1-9H2;9-11H,2-8H2,1H3;10-12H,3-9H2,1-2H3;5*1-4H3;10*1H4. The van der Waals surface area contributed by atoms with Crippen LogP contribution in [0.5, 0.6) is 0 Å². The molecule has 0 aromatic rings. The molecule has 3 aliphatic heterocycles. The highest BCUT2D eigenvalue weighted by molar-refractivity contribution is 6.71. The van der Waals surface area contributed by atoms with Crippen molar-refractivity contribution in [2.45, 2.75) is 509 Å². The van der Waals surface area contributed by atoms with Gasteiger partial charge in [-0.25, -0.2) is 0 Å². The summed E-state index contributed by atoms with van der Waals surface area (Å²) in [4.78, 5) is 0. The maximum absolute atomic E-state index is 13.6. The molecule has 41 heteroatoms. The summed E-state index contributed by atoms with van der Waals surface area (Å²) in [6.45, 7) is 38.2. The Kier molecular flexibility index (Phi) is 73.6. The predicted octanol–water partition coefficient (Wildman–Crippen LogP) is 36.7. The van der Waals surface area contributed by atoms with Gasteiger partial charge in [0, 0.05) is 68.6 Å². The molecule has 146 heavy (non-hydrogen) atoms. The number of rotatable bonds is 29. The zero-order chi connectivity index (χ0) is 104. The van der Waals surface area contributed by atoms with E-state index in [1.54, 1.807) is 42.5 Å². The SMILES string of the molecule is C.C.C.C.C.C.C.C.C.C.CC(CC1CC2CCC1C2)(OC1CCCCO1)C(F)(F)F.CCOCOC(C)(CC1CC2CCC1C2)C(F)(F)F.CCOCOC(CC1CC2CCC1C2)(C(F)(F)F)C(F)(F)F.CO[Si](C)(C)C.CO[Si](C)(C)C.CO[Si](C)(C)C.CO[Si](C)(C)C.CO[Si](C)(C)C.FC(F)(F)C(CC1CC2CCC1C2)(OC1CCCCO1)C(F)(F)F.FC(F)(F)C(CC1CC2CCC1C2)OC1CCCCO1. The Bertz CT molecular complexity index is 3160. The highest BCUT2D eigenvalue weighted by Crippen LogP contribution is 2.61. The zero-order valence-corrected chi connectivity index (χ0v) is 91.0. The van der Waals surface area contributed by atoms with Crippen molar-refractivity contribution < 1.29 is 162 Å². The monoisotopic (exact) mass is 2250 g/mol. The van der Waals surface area contributed by atoms with Gasteiger partial charge in [-0.2, -0.15) is 92.2 Å². The second-order valence-corrected chi connectivity index (χ2v) is 68.4. The van der Waals surface area contributed by atoms with Gasteiger partial charge >= 0.3 is 43.2 Å². The van der Waals surface area contributed by atoms with Crippen LogP contribution >= 0.6 is 0 Å². The smallest absolute Gasteiger partial charge is 0.421 e. The molecular formula is C105H213F21O15Si5. The molecule has 3 heterocycles. The molecular weight excluding hydrogens is 2040 g/mol. The van der Waals surface area contributed by atoms with Gasteiger partial charge < -0.3 is 69.5 Å². The molecule has 21 unspecified atom stereocenters. The van der Waals surface area contributed by atoms with Crippen molar-refractivity contribution in [3.8, 4) is 0 Å². The van der Waals surface area contributed by atoms with E-state index >= 15 is 0 Å². The van der Waals surface area contributed by atoms with Gasteiger partial charge in [0.15, 0.2) is 77.8 Å². The molecule has 3 saturated heterocycles. The summed E-state index contributed by atoms with van der Waals surface area (Å²) >= 11 is 0. The molecule has 0 aromatic heterocycles. The Morgan fingerprint density at radius 2 is 0.514 bits per heavy atom. The van der Waals surface area contributed by atoms with Crippen molar-refractivity contribution in [1.29, 1.82) is 0 Å². The predicted molar refractivity (Wildman–Crippen MR) is 564 cm³/mol. The van der Waals surface area contributed by atoms with Crippen molar-refractivity contribution in [2.75, 3.05) is 82.2 Å². The summed E-state index contributed by atoms with van der Waals surface area (Å²) in [5.74, 6) is 3.21. The van der Waals surface area contributed by atoms with E-state index in [-0.39, 0.29) is 161 Å². The van der Waals surface area contributed by atoms with E-state index in [0.29, 0.717) is 100 Å². The molecule has 10 bridgehead atoms. The average Bonchev–Trinajstić information content (AvgIpc) is 1.28. The summed E-state index contributed by atoms with van der Waals surface area (Å²) in [5, 5.41) is 0. The van der Waals surface area contributed by atoms with Crippen LogP contribution in [0.3, 0.4) is 0 Å². The molecule has 10 saturated carbocycles. The summed E-state index contributed by atoms with van der Waals surface area (Å²) in [6.07, 6.45) is -16.6. The first kappa shape index (κ1) is 158. The van der Waals surface area contributed by atoms with E-state index < -0.39 is 164 Å². The molecule has 0 spiro atoms. The largest absolute Gasteiger partial charge is 0.426 e. The van der Waals surface area contributed by atoms with Crippen molar-refractivity contribution in [1.82, 2.24) is 0 Å². The van der Waals surface area contributed by atoms with Gasteiger partial charge in [0.05, 0.1) is 0 Å². The molecule has 15 nitrogen and oxygen atoms in total. The van der Waals surface area contributed by atoms with Crippen LogP contribution in [0.15, 0.2) is 0 Å². The molecule has 0 N–H and O–H groups in total. The summed E-state index contributed by atoms with van der Waals surface area (Å²) in [7, 11) is 3.19. The molecule has 13 rings (SSSR count). The molecule has 0 aromatic carbocycles. The normalized spacial score (nSPS) is 28.0. The van der Waals surface area contributed by atoms with Gasteiger partial charge in [0.2, 0.25) is 0 Å². The molecule has 13 fully saturated rings. The van der Waals surface area contributed by atoms with Crippen molar-refractivity contribution in [3.05, 3.63) is 0 Å². The Labute approximate surface area is 878 Å². The maximum atomic E-state index is 13.6. The number of alkyl halides is 21. The minimum Gasteiger partial charge on any atom is -0.421 e. The number of hydrogen-bond donors (Lipinski definition) is 0. The lowest BCUT2D eigenvalue weighted by atomic mass is 9.79. The molecule has 890 valence electrons. The fourth-order valence-corrected chi connectivity index (χ4v) is 20.7. The minimum atomic E-state index is -5.52. The highest BCUT2D eigenvalue weighted by Gasteiger charge is 2.75. The summed E-state index contributed by atoms with van der Waals surface area (Å²) in [5.41, 5.74) is -12.4. The Hall–Kier alpha value is -0.986. The van der Waals surface area contributed by atoms with Crippen LogP contribution in [0.25, 0.3) is 0 Å². The quantitative estimate of drug-likeness (QED) is 0.0304. The number of fused-ring (bicyclic) bond motifs is 10. The minimum absolute atomic E-state index is 0. The third-order valence-electron chi connectivity index (χ3n) is 29.5. The average molecular weight is 2260 g/mol. The third kappa shape index (κ3) is 53.1. The molecule has 0 amide bonds. The van der Waals surface area contributed by atoms with E-state index in [1.807, 2.05) is 0 Å². The lowest BCUT2D eigenvalue weighted by Gasteiger charge is -2.42. The highest BCUT2D eigenvalue weighted by atomic mass is 28.4. The van der Waals surface area contributed by atoms with Gasteiger partial charge in [-0.3, -0.25) is 0 Å². The first-order valence-electron chi connectivity index (χ1n) is 49.8. The van der Waals surface area contributed by atoms with Crippen LogP contribution in [0, 0.1) is 88.8 Å². The zero-order valence-electron chi connectivity index (χ0n) is 86.0. The van der Waals surface area contributed by atoms with E-state index in [0.717, 1.165) is 122 Å². The van der Waals surface area contributed by atoms with Crippen LogP contribution in [0.1, 0.15) is 320 Å². The molecule has 0 radical (unpaired) electrons. The first-order valence-corrected chi connectivity index (χ1v) is 66.8.